The smallest absolute Gasteiger partial charge is 0.0861 e. The molecule has 0 aliphatic carbocycles. The maximum Gasteiger partial charge on any atom is 0.0861 e. The number of dihydropyridines is 1. The van der Waals surface area contributed by atoms with Crippen LogP contribution in [0.2, 0.25) is 0 Å². The van der Waals surface area contributed by atoms with Gasteiger partial charge in [-0.2, -0.15) is 0 Å². The van der Waals surface area contributed by atoms with Gasteiger partial charge < -0.3 is 5.32 Å². The highest BCUT2D eigenvalue weighted by molar-refractivity contribution is 5.64. The third-order valence-electron chi connectivity index (χ3n) is 2.28. The summed E-state index contributed by atoms with van der Waals surface area (Å²) >= 11 is 0. The molecule has 0 atom stereocenters. The monoisotopic (exact) mass is 186 g/mol. The van der Waals surface area contributed by atoms with Crippen LogP contribution in [0.5, 0.6) is 0 Å². The van der Waals surface area contributed by atoms with Crippen molar-refractivity contribution in [3.05, 3.63) is 47.3 Å². The van der Waals surface area contributed by atoms with Crippen molar-refractivity contribution in [2.75, 3.05) is 6.54 Å². The Balaban J connectivity index is 2.28. The summed E-state index contributed by atoms with van der Waals surface area (Å²) in [5.41, 5.74) is 4.66. The normalized spacial score (nSPS) is 15.6. The van der Waals surface area contributed by atoms with Crippen LogP contribution in [-0.4, -0.2) is 11.5 Å². The highest BCUT2D eigenvalue weighted by atomic mass is 14.9. The molecule has 0 saturated heterocycles. The molecule has 2 nitrogen and oxygen atoms in total. The maximum absolute atomic E-state index is 4.37. The number of pyridine rings is 1. The van der Waals surface area contributed by atoms with Gasteiger partial charge >= 0.3 is 0 Å². The largest absolute Gasteiger partial charge is 0.380 e. The van der Waals surface area contributed by atoms with E-state index in [9.17, 15) is 0 Å². The van der Waals surface area contributed by atoms with Gasteiger partial charge in [-0.3, -0.25) is 4.98 Å². The van der Waals surface area contributed by atoms with Crippen LogP contribution in [0.25, 0.3) is 5.70 Å². The topological polar surface area (TPSA) is 24.9 Å². The highest BCUT2D eigenvalue weighted by Gasteiger charge is 2.04. The van der Waals surface area contributed by atoms with Crippen molar-refractivity contribution in [3.8, 4) is 0 Å². The number of hydrogen-bond acceptors (Lipinski definition) is 2. The molecule has 2 heterocycles. The molecule has 2 rings (SSSR count). The highest BCUT2D eigenvalue weighted by Crippen LogP contribution is 2.13. The summed E-state index contributed by atoms with van der Waals surface area (Å²) < 4.78 is 0. The zero-order chi connectivity index (χ0) is 9.97. The minimum absolute atomic E-state index is 0.918. The molecule has 0 unspecified atom stereocenters. The SMILES string of the molecule is CC1=CC=C(c2ccc(C)cn2)NC1. The summed E-state index contributed by atoms with van der Waals surface area (Å²) in [7, 11) is 0. The molecule has 72 valence electrons. The third kappa shape index (κ3) is 1.84. The second-order valence-corrected chi connectivity index (χ2v) is 3.67. The van der Waals surface area contributed by atoms with E-state index in [-0.39, 0.29) is 0 Å². The van der Waals surface area contributed by atoms with Gasteiger partial charge in [0.1, 0.15) is 0 Å². The molecule has 0 amide bonds. The van der Waals surface area contributed by atoms with E-state index in [1.807, 2.05) is 19.2 Å². The standard InChI is InChI=1S/C12H14N2/c1-9-3-5-11(13-7-9)12-6-4-10(2)8-14-12/h3-7,14H,8H2,1-2H3. The number of nitrogens with one attached hydrogen (secondary N) is 1. The Morgan fingerprint density at radius 1 is 1.21 bits per heavy atom. The van der Waals surface area contributed by atoms with E-state index in [1.54, 1.807) is 0 Å². The lowest BCUT2D eigenvalue weighted by Gasteiger charge is -2.14. The second-order valence-electron chi connectivity index (χ2n) is 3.67. The fraction of sp³-hybridized carbons (Fsp3) is 0.250. The maximum atomic E-state index is 4.37. The van der Waals surface area contributed by atoms with Gasteiger partial charge in [0.2, 0.25) is 0 Å². The molecule has 2 heteroatoms. The van der Waals surface area contributed by atoms with Crippen LogP contribution >= 0.6 is 0 Å². The van der Waals surface area contributed by atoms with E-state index in [4.69, 9.17) is 0 Å². The number of aromatic nitrogens is 1. The minimum atomic E-state index is 0.918. The van der Waals surface area contributed by atoms with E-state index < -0.39 is 0 Å². The average Bonchev–Trinajstić information content (AvgIpc) is 2.21. The Kier molecular flexibility index (Phi) is 2.35. The number of nitrogens with zero attached hydrogens (tertiary/aromatic N) is 1. The molecule has 1 N–H and O–H groups in total. The summed E-state index contributed by atoms with van der Waals surface area (Å²) in [6.07, 6.45) is 6.10. The number of hydrogen-bond donors (Lipinski definition) is 1. The number of rotatable bonds is 1. The molecule has 0 saturated carbocycles. The number of aryl methyl sites for hydroxylation is 1. The van der Waals surface area contributed by atoms with Crippen LogP contribution in [0.4, 0.5) is 0 Å². The molecular formula is C12H14N2. The quantitative estimate of drug-likeness (QED) is 0.727. The van der Waals surface area contributed by atoms with Crippen molar-refractivity contribution in [1.82, 2.24) is 10.3 Å². The van der Waals surface area contributed by atoms with Crippen LogP contribution in [-0.2, 0) is 0 Å². The van der Waals surface area contributed by atoms with E-state index in [2.05, 4.69) is 35.4 Å². The zero-order valence-electron chi connectivity index (χ0n) is 8.54. The molecule has 0 aromatic carbocycles. The number of allylic oxidation sites excluding steroid dienone is 2. The van der Waals surface area contributed by atoms with Crippen molar-refractivity contribution in [2.45, 2.75) is 13.8 Å². The van der Waals surface area contributed by atoms with Crippen molar-refractivity contribution in [2.24, 2.45) is 0 Å². The molecule has 1 aliphatic rings. The molecule has 0 radical (unpaired) electrons. The van der Waals surface area contributed by atoms with Crippen LogP contribution in [0, 0.1) is 6.92 Å². The first-order valence-corrected chi connectivity index (χ1v) is 4.80. The first-order valence-electron chi connectivity index (χ1n) is 4.80. The lowest BCUT2D eigenvalue weighted by Crippen LogP contribution is -2.18. The van der Waals surface area contributed by atoms with E-state index >= 15 is 0 Å². The van der Waals surface area contributed by atoms with Crippen LogP contribution in [0.1, 0.15) is 18.2 Å². The third-order valence-corrected chi connectivity index (χ3v) is 2.28. The summed E-state index contributed by atoms with van der Waals surface area (Å²) in [4.78, 5) is 4.37. The Hall–Kier alpha value is -1.57. The zero-order valence-corrected chi connectivity index (χ0v) is 8.54. The average molecular weight is 186 g/mol. The summed E-state index contributed by atoms with van der Waals surface area (Å²) in [5, 5.41) is 3.33. The van der Waals surface area contributed by atoms with Crippen LogP contribution in [0.15, 0.2) is 36.1 Å². The Labute approximate surface area is 84.4 Å². The van der Waals surface area contributed by atoms with Crippen molar-refractivity contribution in [3.63, 3.8) is 0 Å². The Morgan fingerprint density at radius 2 is 2.07 bits per heavy atom. The first kappa shape index (κ1) is 9.00. The van der Waals surface area contributed by atoms with Gasteiger partial charge in [-0.15, -0.1) is 0 Å². The van der Waals surface area contributed by atoms with Crippen molar-refractivity contribution >= 4 is 5.70 Å². The Bertz CT molecular complexity index is 385. The molecule has 1 aromatic heterocycles. The Morgan fingerprint density at radius 3 is 2.64 bits per heavy atom. The van der Waals surface area contributed by atoms with Gasteiger partial charge in [-0.25, -0.2) is 0 Å². The van der Waals surface area contributed by atoms with Crippen molar-refractivity contribution < 1.29 is 0 Å². The molecule has 14 heavy (non-hydrogen) atoms. The summed E-state index contributed by atoms with van der Waals surface area (Å²) in [6, 6.07) is 4.12. The fourth-order valence-corrected chi connectivity index (χ4v) is 1.38. The molecule has 1 aliphatic heterocycles. The minimum Gasteiger partial charge on any atom is -0.380 e. The molecule has 0 spiro atoms. The lowest BCUT2D eigenvalue weighted by molar-refractivity contribution is 0.931. The van der Waals surface area contributed by atoms with Crippen LogP contribution in [0.3, 0.4) is 0 Å². The van der Waals surface area contributed by atoms with E-state index in [0.29, 0.717) is 0 Å². The molecule has 0 fully saturated rings. The predicted octanol–water partition coefficient (Wildman–Crippen LogP) is 2.28. The van der Waals surface area contributed by atoms with Gasteiger partial charge in [-0.05, 0) is 31.6 Å². The predicted molar refractivity (Wildman–Crippen MR) is 58.7 cm³/mol. The van der Waals surface area contributed by atoms with Gasteiger partial charge in [0.25, 0.3) is 0 Å². The second kappa shape index (κ2) is 3.66. The molecular weight excluding hydrogens is 172 g/mol. The lowest BCUT2D eigenvalue weighted by atomic mass is 10.1. The van der Waals surface area contributed by atoms with Gasteiger partial charge in [0.15, 0.2) is 0 Å². The van der Waals surface area contributed by atoms with Gasteiger partial charge in [0, 0.05) is 12.7 Å². The summed E-state index contributed by atoms with van der Waals surface area (Å²) in [5.74, 6) is 0. The van der Waals surface area contributed by atoms with Crippen molar-refractivity contribution in [1.29, 1.82) is 0 Å². The molecule has 0 bridgehead atoms. The first-order chi connectivity index (χ1) is 6.75. The molecule has 1 aromatic rings. The summed E-state index contributed by atoms with van der Waals surface area (Å²) in [6.45, 7) is 5.08. The fourth-order valence-electron chi connectivity index (χ4n) is 1.38. The van der Waals surface area contributed by atoms with Gasteiger partial charge in [-0.1, -0.05) is 17.7 Å². The van der Waals surface area contributed by atoms with E-state index in [1.165, 1.54) is 11.1 Å². The van der Waals surface area contributed by atoms with Crippen LogP contribution < -0.4 is 5.32 Å². The van der Waals surface area contributed by atoms with E-state index in [0.717, 1.165) is 17.9 Å². The van der Waals surface area contributed by atoms with Gasteiger partial charge in [0.05, 0.1) is 11.4 Å².